The smallest absolute Gasteiger partial charge is 0.161 e. The highest BCUT2D eigenvalue weighted by Crippen LogP contribution is 2.19. The summed E-state index contributed by atoms with van der Waals surface area (Å²) in [4.78, 5) is 11.2. The van der Waals surface area contributed by atoms with Gasteiger partial charge in [0.2, 0.25) is 0 Å². The van der Waals surface area contributed by atoms with E-state index in [2.05, 4.69) is 28.7 Å². The molecule has 0 aliphatic carbocycles. The van der Waals surface area contributed by atoms with Crippen molar-refractivity contribution in [3.63, 3.8) is 0 Å². The Labute approximate surface area is 90.7 Å². The molecule has 2 nitrogen and oxygen atoms in total. The average Bonchev–Trinajstić information content (AvgIpc) is 2.02. The van der Waals surface area contributed by atoms with E-state index in [1.807, 2.05) is 6.92 Å². The topological polar surface area (TPSA) is 40.9 Å². The maximum atomic E-state index is 11.2. The monoisotopic (exact) mass is 285 g/mol. The summed E-state index contributed by atoms with van der Waals surface area (Å²) in [6.45, 7) is 3.39. The largest absolute Gasteiger partial charge is 0.294 e. The second-order valence-corrected chi connectivity index (χ2v) is 3.98. The van der Waals surface area contributed by atoms with E-state index >= 15 is 0 Å². The molecular formula is C10H8INO. The predicted molar refractivity (Wildman–Crippen MR) is 58.6 cm³/mol. The highest BCUT2D eigenvalue weighted by Gasteiger charge is 2.09. The molecule has 0 aromatic heterocycles. The van der Waals surface area contributed by atoms with Gasteiger partial charge in [-0.25, -0.2) is 0 Å². The molecule has 1 aromatic carbocycles. The van der Waals surface area contributed by atoms with Gasteiger partial charge in [0, 0.05) is 9.13 Å². The standard InChI is InChI=1S/C10H8INO/c1-6-3-8(5-12)4-9(11)10(6)7(2)13/h3-4H,1-2H3. The number of ketones is 1. The molecule has 0 radical (unpaired) electrons. The number of rotatable bonds is 1. The second-order valence-electron chi connectivity index (χ2n) is 2.82. The van der Waals surface area contributed by atoms with E-state index in [9.17, 15) is 4.79 Å². The minimum Gasteiger partial charge on any atom is -0.294 e. The second kappa shape index (κ2) is 3.88. The summed E-state index contributed by atoms with van der Waals surface area (Å²) < 4.78 is 0.849. The van der Waals surface area contributed by atoms with Crippen LogP contribution in [0.4, 0.5) is 0 Å². The van der Waals surface area contributed by atoms with Crippen LogP contribution in [-0.2, 0) is 0 Å². The number of hydrogen-bond acceptors (Lipinski definition) is 2. The molecule has 0 heterocycles. The first-order valence-corrected chi connectivity index (χ1v) is 4.85. The summed E-state index contributed by atoms with van der Waals surface area (Å²) in [6.07, 6.45) is 0. The molecule has 0 bridgehead atoms. The van der Waals surface area contributed by atoms with Gasteiger partial charge in [0.25, 0.3) is 0 Å². The third-order valence-corrected chi connectivity index (χ3v) is 2.62. The third kappa shape index (κ3) is 2.07. The molecule has 0 amide bonds. The lowest BCUT2D eigenvalue weighted by Gasteiger charge is -2.04. The van der Waals surface area contributed by atoms with Crippen molar-refractivity contribution in [2.45, 2.75) is 13.8 Å². The van der Waals surface area contributed by atoms with Crippen molar-refractivity contribution < 1.29 is 4.79 Å². The van der Waals surface area contributed by atoms with Gasteiger partial charge in [0.1, 0.15) is 0 Å². The quantitative estimate of drug-likeness (QED) is 0.588. The lowest BCUT2D eigenvalue weighted by atomic mass is 10.0. The van der Waals surface area contributed by atoms with E-state index in [1.54, 1.807) is 12.1 Å². The normalized spacial score (nSPS) is 9.38. The maximum absolute atomic E-state index is 11.2. The highest BCUT2D eigenvalue weighted by atomic mass is 127. The summed E-state index contributed by atoms with van der Waals surface area (Å²) >= 11 is 2.08. The lowest BCUT2D eigenvalue weighted by molar-refractivity contribution is 0.101. The van der Waals surface area contributed by atoms with Gasteiger partial charge in [-0.3, -0.25) is 4.79 Å². The van der Waals surface area contributed by atoms with Crippen molar-refractivity contribution in [1.82, 2.24) is 0 Å². The molecule has 0 atom stereocenters. The molecule has 0 fully saturated rings. The number of nitriles is 1. The zero-order valence-corrected chi connectivity index (χ0v) is 9.55. The zero-order valence-electron chi connectivity index (χ0n) is 7.39. The summed E-state index contributed by atoms with van der Waals surface area (Å²) in [7, 11) is 0. The number of halogens is 1. The van der Waals surface area contributed by atoms with Crippen molar-refractivity contribution in [2.24, 2.45) is 0 Å². The molecule has 13 heavy (non-hydrogen) atoms. The Morgan fingerprint density at radius 3 is 2.54 bits per heavy atom. The van der Waals surface area contributed by atoms with Crippen molar-refractivity contribution in [2.75, 3.05) is 0 Å². The third-order valence-electron chi connectivity index (χ3n) is 1.77. The Balaban J connectivity index is 3.42. The Hall–Kier alpha value is -0.890. The summed E-state index contributed by atoms with van der Waals surface area (Å²) in [6, 6.07) is 5.52. The molecular weight excluding hydrogens is 277 g/mol. The van der Waals surface area contributed by atoms with E-state index in [-0.39, 0.29) is 5.78 Å². The number of carbonyl (C=O) groups excluding carboxylic acids is 1. The van der Waals surface area contributed by atoms with Crippen LogP contribution in [0.3, 0.4) is 0 Å². The summed E-state index contributed by atoms with van der Waals surface area (Å²) in [5.74, 6) is 0.0476. The molecule has 0 unspecified atom stereocenters. The van der Waals surface area contributed by atoms with Gasteiger partial charge in [0.15, 0.2) is 5.78 Å². The first-order chi connectivity index (χ1) is 6.06. The van der Waals surface area contributed by atoms with E-state index in [1.165, 1.54) is 6.92 Å². The van der Waals surface area contributed by atoms with E-state index in [0.29, 0.717) is 5.56 Å². The lowest BCUT2D eigenvalue weighted by Crippen LogP contribution is -2.00. The van der Waals surface area contributed by atoms with E-state index in [0.717, 1.165) is 14.7 Å². The van der Waals surface area contributed by atoms with Crippen LogP contribution in [0.15, 0.2) is 12.1 Å². The molecule has 0 spiro atoms. The number of carbonyl (C=O) groups is 1. The molecule has 0 aliphatic rings. The Morgan fingerprint density at radius 2 is 2.15 bits per heavy atom. The van der Waals surface area contributed by atoms with Crippen molar-refractivity contribution in [3.8, 4) is 6.07 Å². The number of nitrogens with zero attached hydrogens (tertiary/aromatic N) is 1. The fourth-order valence-corrected chi connectivity index (χ4v) is 2.40. The van der Waals surface area contributed by atoms with E-state index < -0.39 is 0 Å². The summed E-state index contributed by atoms with van der Waals surface area (Å²) in [5.41, 5.74) is 2.20. The van der Waals surface area contributed by atoms with Gasteiger partial charge < -0.3 is 0 Å². The highest BCUT2D eigenvalue weighted by molar-refractivity contribution is 14.1. The van der Waals surface area contributed by atoms with Crippen molar-refractivity contribution in [1.29, 1.82) is 5.26 Å². The molecule has 0 saturated carbocycles. The molecule has 1 rings (SSSR count). The van der Waals surface area contributed by atoms with Crippen LogP contribution < -0.4 is 0 Å². The first kappa shape index (κ1) is 10.2. The minimum absolute atomic E-state index is 0.0476. The number of benzene rings is 1. The Kier molecular flexibility index (Phi) is 3.04. The average molecular weight is 285 g/mol. The Bertz CT molecular complexity index is 381. The fourth-order valence-electron chi connectivity index (χ4n) is 1.25. The van der Waals surface area contributed by atoms with Gasteiger partial charge in [-0.15, -0.1) is 0 Å². The van der Waals surface area contributed by atoms with E-state index in [4.69, 9.17) is 5.26 Å². The van der Waals surface area contributed by atoms with Gasteiger partial charge >= 0.3 is 0 Å². The number of aryl methyl sites for hydroxylation is 1. The van der Waals surface area contributed by atoms with Crippen LogP contribution >= 0.6 is 22.6 Å². The number of Topliss-reactive ketones (excluding diaryl/α,β-unsaturated/α-hetero) is 1. The summed E-state index contributed by atoms with van der Waals surface area (Å²) in [5, 5.41) is 8.68. The minimum atomic E-state index is 0.0476. The van der Waals surface area contributed by atoms with Crippen LogP contribution in [0, 0.1) is 21.8 Å². The van der Waals surface area contributed by atoms with Crippen LogP contribution in [-0.4, -0.2) is 5.78 Å². The van der Waals surface area contributed by atoms with Gasteiger partial charge in [-0.1, -0.05) is 0 Å². The first-order valence-electron chi connectivity index (χ1n) is 3.77. The molecule has 0 aliphatic heterocycles. The molecule has 0 N–H and O–H groups in total. The van der Waals surface area contributed by atoms with Gasteiger partial charge in [0.05, 0.1) is 11.6 Å². The van der Waals surface area contributed by atoms with Crippen LogP contribution in [0.25, 0.3) is 0 Å². The molecule has 1 aromatic rings. The Morgan fingerprint density at radius 1 is 1.54 bits per heavy atom. The predicted octanol–water partition coefficient (Wildman–Crippen LogP) is 2.67. The van der Waals surface area contributed by atoms with Crippen molar-refractivity contribution >= 4 is 28.4 Å². The zero-order chi connectivity index (χ0) is 10.0. The molecule has 3 heteroatoms. The number of hydrogen-bond donors (Lipinski definition) is 0. The fraction of sp³-hybridized carbons (Fsp3) is 0.200. The van der Waals surface area contributed by atoms with Crippen LogP contribution in [0.5, 0.6) is 0 Å². The van der Waals surface area contributed by atoms with Gasteiger partial charge in [-0.2, -0.15) is 5.26 Å². The maximum Gasteiger partial charge on any atom is 0.161 e. The molecule has 0 saturated heterocycles. The van der Waals surface area contributed by atoms with Crippen LogP contribution in [0.2, 0.25) is 0 Å². The van der Waals surface area contributed by atoms with Gasteiger partial charge in [-0.05, 0) is 54.1 Å². The van der Waals surface area contributed by atoms with Crippen molar-refractivity contribution in [3.05, 3.63) is 32.4 Å². The van der Waals surface area contributed by atoms with Crippen LogP contribution in [0.1, 0.15) is 28.4 Å². The molecule has 66 valence electrons. The SMILES string of the molecule is CC(=O)c1c(C)cc(C#N)cc1I.